The molecule has 2 aromatic rings. The summed E-state index contributed by atoms with van der Waals surface area (Å²) in [4.78, 5) is 14.9. The van der Waals surface area contributed by atoms with E-state index in [-0.39, 0.29) is 11.7 Å². The number of benzene rings is 1. The summed E-state index contributed by atoms with van der Waals surface area (Å²) in [6.07, 6.45) is 0.0497. The van der Waals surface area contributed by atoms with Crippen LogP contribution in [0.15, 0.2) is 36.4 Å². The highest BCUT2D eigenvalue weighted by Crippen LogP contribution is 2.27. The number of hydrogen-bond donors (Lipinski definition) is 2. The highest BCUT2D eigenvalue weighted by Gasteiger charge is 2.15. The Hall–Kier alpha value is -2.58. The van der Waals surface area contributed by atoms with Crippen molar-refractivity contribution >= 4 is 16.7 Å². The number of carbonyl (C=O) groups is 1. The van der Waals surface area contributed by atoms with E-state index in [1.165, 1.54) is 0 Å². The second kappa shape index (κ2) is 8.01. The molecule has 1 aromatic heterocycles. The fourth-order valence-electron chi connectivity index (χ4n) is 1.82. The minimum atomic E-state index is -0.394. The third-order valence-corrected chi connectivity index (χ3v) is 2.64. The third kappa shape index (κ3) is 4.21. The van der Waals surface area contributed by atoms with Gasteiger partial charge in [-0.2, -0.15) is 5.26 Å². The number of nitriles is 1. The van der Waals surface area contributed by atoms with Crippen molar-refractivity contribution in [2.45, 2.75) is 20.0 Å². The van der Waals surface area contributed by atoms with Crippen LogP contribution in [-0.2, 0) is 0 Å². The van der Waals surface area contributed by atoms with Gasteiger partial charge in [0.05, 0.1) is 17.4 Å². The van der Waals surface area contributed by atoms with Crippen molar-refractivity contribution in [3.05, 3.63) is 42.1 Å². The van der Waals surface area contributed by atoms with Gasteiger partial charge in [0.25, 0.3) is 0 Å². The normalized spacial score (nSPS) is 9.82. The van der Waals surface area contributed by atoms with Crippen molar-refractivity contribution in [3.63, 3.8) is 0 Å². The predicted octanol–water partition coefficient (Wildman–Crippen LogP) is 3.05. The summed E-state index contributed by atoms with van der Waals surface area (Å²) in [5, 5.41) is 12.3. The van der Waals surface area contributed by atoms with Crippen LogP contribution in [0.25, 0.3) is 10.9 Å². The number of aromatic nitrogens is 1. The Kier molecular flexibility index (Phi) is 6.36. The van der Waals surface area contributed by atoms with Crippen LogP contribution in [-0.4, -0.2) is 31.0 Å². The largest absolute Gasteiger partial charge is 0.490 e. The molecule has 0 atom stereocenters. The Bertz CT molecular complexity index is 708. The van der Waals surface area contributed by atoms with Crippen LogP contribution in [0.3, 0.4) is 0 Å². The zero-order chi connectivity index (χ0) is 16.7. The maximum atomic E-state index is 11.9. The van der Waals surface area contributed by atoms with E-state index in [0.29, 0.717) is 11.4 Å². The number of ketones is 1. The van der Waals surface area contributed by atoms with E-state index in [4.69, 9.17) is 10.00 Å². The van der Waals surface area contributed by atoms with E-state index in [0.717, 1.165) is 10.9 Å². The highest BCUT2D eigenvalue weighted by molar-refractivity contribution is 6.12. The minimum absolute atomic E-state index is 0.0497. The van der Waals surface area contributed by atoms with Crippen molar-refractivity contribution in [2.75, 3.05) is 14.1 Å². The van der Waals surface area contributed by atoms with E-state index >= 15 is 0 Å². The molecule has 0 aliphatic heterocycles. The van der Waals surface area contributed by atoms with Gasteiger partial charge in [-0.1, -0.05) is 12.6 Å². The van der Waals surface area contributed by atoms with Gasteiger partial charge >= 0.3 is 0 Å². The maximum absolute atomic E-state index is 11.9. The van der Waals surface area contributed by atoms with Gasteiger partial charge in [0.1, 0.15) is 11.8 Å². The molecule has 0 amide bonds. The summed E-state index contributed by atoms with van der Waals surface area (Å²) in [6, 6.07) is 9.01. The molecule has 2 N–H and O–H groups in total. The Morgan fingerprint density at radius 3 is 2.59 bits per heavy atom. The molecule has 22 heavy (non-hydrogen) atoms. The lowest BCUT2D eigenvalue weighted by molar-refractivity contribution is 0.103. The molecule has 0 bridgehead atoms. The van der Waals surface area contributed by atoms with Gasteiger partial charge in [-0.25, -0.2) is 0 Å². The lowest BCUT2D eigenvalue weighted by Gasteiger charge is -2.10. The monoisotopic (exact) mass is 299 g/mol. The number of fused-ring (bicyclic) bond motifs is 1. The van der Waals surface area contributed by atoms with Gasteiger partial charge in [0.15, 0.2) is 0 Å². The molecule has 1 aromatic carbocycles. The van der Waals surface area contributed by atoms with Crippen molar-refractivity contribution in [3.8, 4) is 11.8 Å². The van der Waals surface area contributed by atoms with Crippen LogP contribution < -0.4 is 10.1 Å². The van der Waals surface area contributed by atoms with Gasteiger partial charge in [-0.05, 0) is 46.1 Å². The smallest absolute Gasteiger partial charge is 0.219 e. The van der Waals surface area contributed by atoms with Crippen LogP contribution in [0.4, 0.5) is 0 Å². The topological polar surface area (TPSA) is 77.9 Å². The standard InChI is InChI=1S/C15H14N2O2.C2H7N/c1-9(2)19-14-6-4-5-12-11(14)7-13(17-12)15(18)10(3)8-16;1-3-2/h4-7,9,17H,3H2,1-2H3;3H,1-2H3. The van der Waals surface area contributed by atoms with E-state index in [9.17, 15) is 4.79 Å². The number of allylic oxidation sites excluding steroid dienone is 1. The van der Waals surface area contributed by atoms with Crippen LogP contribution in [0.2, 0.25) is 0 Å². The Morgan fingerprint density at radius 2 is 2.05 bits per heavy atom. The molecule has 0 aliphatic rings. The minimum Gasteiger partial charge on any atom is -0.490 e. The average Bonchev–Trinajstić information content (AvgIpc) is 2.91. The zero-order valence-corrected chi connectivity index (χ0v) is 13.4. The first-order valence-corrected chi connectivity index (χ1v) is 6.95. The van der Waals surface area contributed by atoms with Gasteiger partial charge in [-0.3, -0.25) is 4.79 Å². The molecule has 5 heteroatoms. The summed E-state index contributed by atoms with van der Waals surface area (Å²) in [5.74, 6) is 0.319. The van der Waals surface area contributed by atoms with E-state index in [1.807, 2.05) is 46.1 Å². The molecule has 0 fully saturated rings. The van der Waals surface area contributed by atoms with Crippen LogP contribution in [0.5, 0.6) is 5.75 Å². The summed E-state index contributed by atoms with van der Waals surface area (Å²) in [7, 11) is 3.75. The first kappa shape index (κ1) is 17.5. The first-order chi connectivity index (χ1) is 10.4. The number of carbonyl (C=O) groups excluding carboxylic acids is 1. The number of rotatable bonds is 4. The van der Waals surface area contributed by atoms with Gasteiger partial charge in [-0.15, -0.1) is 0 Å². The first-order valence-electron chi connectivity index (χ1n) is 6.95. The SMILES string of the molecule is C=C(C#N)C(=O)c1cc2c(OC(C)C)cccc2[nH]1.CNC. The van der Waals surface area contributed by atoms with Crippen LogP contribution in [0, 0.1) is 11.3 Å². The molecule has 5 nitrogen and oxygen atoms in total. The van der Waals surface area contributed by atoms with Crippen LogP contribution >= 0.6 is 0 Å². The summed E-state index contributed by atoms with van der Waals surface area (Å²) in [6.45, 7) is 7.31. The Morgan fingerprint density at radius 1 is 1.41 bits per heavy atom. The average molecular weight is 299 g/mol. The number of hydrogen-bond acceptors (Lipinski definition) is 4. The third-order valence-electron chi connectivity index (χ3n) is 2.64. The van der Waals surface area contributed by atoms with Crippen molar-refractivity contribution in [2.24, 2.45) is 0 Å². The number of Topliss-reactive ketones (excluding diaryl/α,β-unsaturated/α-hetero) is 1. The summed E-state index contributed by atoms with van der Waals surface area (Å²) >= 11 is 0. The van der Waals surface area contributed by atoms with E-state index in [1.54, 1.807) is 12.1 Å². The van der Waals surface area contributed by atoms with Gasteiger partial charge < -0.3 is 15.0 Å². The fraction of sp³-hybridized carbons (Fsp3) is 0.294. The quantitative estimate of drug-likeness (QED) is 0.517. The highest BCUT2D eigenvalue weighted by atomic mass is 16.5. The molecular formula is C17H21N3O2. The molecular weight excluding hydrogens is 278 g/mol. The van der Waals surface area contributed by atoms with Crippen molar-refractivity contribution < 1.29 is 9.53 Å². The molecule has 0 aliphatic carbocycles. The van der Waals surface area contributed by atoms with Crippen molar-refractivity contribution in [1.29, 1.82) is 5.26 Å². The van der Waals surface area contributed by atoms with Crippen LogP contribution in [0.1, 0.15) is 24.3 Å². The summed E-state index contributed by atoms with van der Waals surface area (Å²) < 4.78 is 5.69. The lowest BCUT2D eigenvalue weighted by atomic mass is 10.1. The second-order valence-corrected chi connectivity index (χ2v) is 4.99. The molecule has 116 valence electrons. The zero-order valence-electron chi connectivity index (χ0n) is 13.4. The molecule has 1 heterocycles. The molecule has 0 saturated carbocycles. The van der Waals surface area contributed by atoms with Crippen molar-refractivity contribution in [1.82, 2.24) is 10.3 Å². The fourth-order valence-corrected chi connectivity index (χ4v) is 1.82. The number of nitrogens with one attached hydrogen (secondary N) is 2. The second-order valence-electron chi connectivity index (χ2n) is 4.99. The Labute approximate surface area is 130 Å². The lowest BCUT2D eigenvalue weighted by Crippen LogP contribution is -2.05. The summed E-state index contributed by atoms with van der Waals surface area (Å²) in [5.41, 5.74) is 1.06. The predicted molar refractivity (Wildman–Crippen MR) is 88.1 cm³/mol. The maximum Gasteiger partial charge on any atom is 0.219 e. The molecule has 0 saturated heterocycles. The number of aromatic amines is 1. The number of H-pyrrole nitrogens is 1. The van der Waals surface area contributed by atoms with E-state index < -0.39 is 5.78 Å². The molecule has 0 spiro atoms. The van der Waals surface area contributed by atoms with Gasteiger partial charge in [0, 0.05) is 10.9 Å². The molecule has 2 rings (SSSR count). The Balaban J connectivity index is 0.000000745. The molecule has 0 unspecified atom stereocenters. The van der Waals surface area contributed by atoms with Gasteiger partial charge in [0.2, 0.25) is 5.78 Å². The molecule has 0 radical (unpaired) electrons. The van der Waals surface area contributed by atoms with E-state index in [2.05, 4.69) is 16.9 Å². The number of nitrogens with zero attached hydrogens (tertiary/aromatic N) is 1. The number of ether oxygens (including phenoxy) is 1.